The second-order valence-corrected chi connectivity index (χ2v) is 7.21. The van der Waals surface area contributed by atoms with E-state index >= 15 is 0 Å². The Morgan fingerprint density at radius 2 is 2.00 bits per heavy atom. The van der Waals surface area contributed by atoms with Gasteiger partial charge in [-0.1, -0.05) is 31.5 Å². The summed E-state index contributed by atoms with van der Waals surface area (Å²) < 4.78 is 2.27. The molecule has 21 heavy (non-hydrogen) atoms. The van der Waals surface area contributed by atoms with Crippen molar-refractivity contribution in [2.75, 3.05) is 6.54 Å². The predicted molar refractivity (Wildman–Crippen MR) is 90.9 cm³/mol. The SMILES string of the molecule is CC(C)n1c(CCC(C)(C)CCN)nc2cccc(Cl)c21. The van der Waals surface area contributed by atoms with Crippen molar-refractivity contribution in [3.63, 3.8) is 0 Å². The predicted octanol–water partition coefficient (Wildman–Crippen LogP) is 4.58. The molecule has 116 valence electrons. The highest BCUT2D eigenvalue weighted by Gasteiger charge is 2.20. The molecule has 2 aromatic rings. The van der Waals surface area contributed by atoms with E-state index in [-0.39, 0.29) is 5.41 Å². The van der Waals surface area contributed by atoms with E-state index in [1.807, 2.05) is 18.2 Å². The number of para-hydroxylation sites is 1. The standard InChI is InChI=1S/C17H26ClN3/c1-12(2)21-15(8-9-17(3,4)10-11-19)20-14-7-5-6-13(18)16(14)21/h5-7,12H,8-11,19H2,1-4H3. The van der Waals surface area contributed by atoms with Crippen LogP contribution in [0.2, 0.25) is 5.02 Å². The summed E-state index contributed by atoms with van der Waals surface area (Å²) in [6, 6.07) is 6.29. The monoisotopic (exact) mass is 307 g/mol. The van der Waals surface area contributed by atoms with Gasteiger partial charge in [0.2, 0.25) is 0 Å². The van der Waals surface area contributed by atoms with Gasteiger partial charge in [0.1, 0.15) is 5.82 Å². The first-order valence-corrected chi connectivity index (χ1v) is 8.09. The Morgan fingerprint density at radius 1 is 1.29 bits per heavy atom. The van der Waals surface area contributed by atoms with Gasteiger partial charge in [-0.05, 0) is 50.8 Å². The zero-order valence-electron chi connectivity index (χ0n) is 13.5. The normalized spacial score (nSPS) is 12.5. The van der Waals surface area contributed by atoms with E-state index in [1.54, 1.807) is 0 Å². The van der Waals surface area contributed by atoms with E-state index in [9.17, 15) is 0 Å². The molecule has 2 rings (SSSR count). The molecule has 0 bridgehead atoms. The summed E-state index contributed by atoms with van der Waals surface area (Å²) in [6.07, 6.45) is 3.07. The van der Waals surface area contributed by atoms with Crippen LogP contribution in [-0.4, -0.2) is 16.1 Å². The van der Waals surface area contributed by atoms with Gasteiger partial charge in [-0.25, -0.2) is 4.98 Å². The van der Waals surface area contributed by atoms with E-state index in [2.05, 4.69) is 32.3 Å². The molecule has 0 aliphatic carbocycles. The number of imidazole rings is 1. The van der Waals surface area contributed by atoms with Crippen molar-refractivity contribution in [3.05, 3.63) is 29.0 Å². The first-order valence-electron chi connectivity index (χ1n) is 7.71. The fraction of sp³-hybridized carbons (Fsp3) is 0.588. The molecule has 0 unspecified atom stereocenters. The Balaban J connectivity index is 2.36. The van der Waals surface area contributed by atoms with Crippen LogP contribution in [0.5, 0.6) is 0 Å². The van der Waals surface area contributed by atoms with Gasteiger partial charge in [0.25, 0.3) is 0 Å². The van der Waals surface area contributed by atoms with Gasteiger partial charge >= 0.3 is 0 Å². The molecule has 1 aromatic carbocycles. The van der Waals surface area contributed by atoms with Crippen LogP contribution in [-0.2, 0) is 6.42 Å². The lowest BCUT2D eigenvalue weighted by atomic mass is 9.84. The van der Waals surface area contributed by atoms with Crippen LogP contribution in [0.1, 0.15) is 52.4 Å². The molecular formula is C17H26ClN3. The molecule has 0 aliphatic heterocycles. The first-order chi connectivity index (χ1) is 9.85. The van der Waals surface area contributed by atoms with Gasteiger partial charge in [0, 0.05) is 12.5 Å². The van der Waals surface area contributed by atoms with Crippen molar-refractivity contribution in [1.29, 1.82) is 0 Å². The van der Waals surface area contributed by atoms with E-state index in [0.29, 0.717) is 6.04 Å². The fourth-order valence-electron chi connectivity index (χ4n) is 2.85. The maximum absolute atomic E-state index is 6.38. The van der Waals surface area contributed by atoms with Gasteiger partial charge in [-0.15, -0.1) is 0 Å². The summed E-state index contributed by atoms with van der Waals surface area (Å²) in [5.41, 5.74) is 8.00. The highest BCUT2D eigenvalue weighted by Crippen LogP contribution is 2.31. The summed E-state index contributed by atoms with van der Waals surface area (Å²) >= 11 is 6.38. The van der Waals surface area contributed by atoms with Crippen LogP contribution in [0.4, 0.5) is 0 Å². The van der Waals surface area contributed by atoms with Crippen molar-refractivity contribution in [2.24, 2.45) is 11.1 Å². The number of fused-ring (bicyclic) bond motifs is 1. The maximum atomic E-state index is 6.38. The Labute approximate surface area is 132 Å². The first kappa shape index (κ1) is 16.3. The van der Waals surface area contributed by atoms with Crippen LogP contribution < -0.4 is 5.73 Å². The molecule has 0 amide bonds. The molecule has 0 aliphatic rings. The summed E-state index contributed by atoms with van der Waals surface area (Å²) in [6.45, 7) is 9.64. The molecule has 0 saturated carbocycles. The lowest BCUT2D eigenvalue weighted by Gasteiger charge is -2.24. The largest absolute Gasteiger partial charge is 0.330 e. The zero-order valence-corrected chi connectivity index (χ0v) is 14.2. The number of aromatic nitrogens is 2. The molecule has 0 fully saturated rings. The topological polar surface area (TPSA) is 43.8 Å². The second-order valence-electron chi connectivity index (χ2n) is 6.80. The van der Waals surface area contributed by atoms with E-state index in [4.69, 9.17) is 22.3 Å². The third kappa shape index (κ3) is 3.58. The molecular weight excluding hydrogens is 282 g/mol. The Morgan fingerprint density at radius 3 is 2.62 bits per heavy atom. The molecule has 2 N–H and O–H groups in total. The van der Waals surface area contributed by atoms with Crippen molar-refractivity contribution in [2.45, 2.75) is 53.0 Å². The number of rotatable bonds is 6. The molecule has 3 nitrogen and oxygen atoms in total. The Bertz CT molecular complexity index is 614. The highest BCUT2D eigenvalue weighted by molar-refractivity contribution is 6.35. The lowest BCUT2D eigenvalue weighted by Crippen LogP contribution is -2.19. The number of nitrogens with zero attached hydrogens (tertiary/aromatic N) is 2. The number of hydrogen-bond acceptors (Lipinski definition) is 2. The van der Waals surface area contributed by atoms with E-state index in [1.165, 1.54) is 0 Å². The van der Waals surface area contributed by atoms with Gasteiger partial charge < -0.3 is 10.3 Å². The number of benzene rings is 1. The minimum Gasteiger partial charge on any atom is -0.330 e. The van der Waals surface area contributed by atoms with E-state index < -0.39 is 0 Å². The molecule has 0 atom stereocenters. The average Bonchev–Trinajstić information content (AvgIpc) is 2.76. The van der Waals surface area contributed by atoms with Crippen LogP contribution in [0.15, 0.2) is 18.2 Å². The molecule has 1 aromatic heterocycles. The summed E-state index contributed by atoms with van der Waals surface area (Å²) in [4.78, 5) is 4.81. The van der Waals surface area contributed by atoms with Crippen molar-refractivity contribution in [1.82, 2.24) is 9.55 Å². The van der Waals surface area contributed by atoms with Crippen LogP contribution in [0.3, 0.4) is 0 Å². The minimum atomic E-state index is 0.249. The van der Waals surface area contributed by atoms with Gasteiger partial charge in [-0.3, -0.25) is 0 Å². The maximum Gasteiger partial charge on any atom is 0.110 e. The zero-order chi connectivity index (χ0) is 15.6. The lowest BCUT2D eigenvalue weighted by molar-refractivity contribution is 0.308. The van der Waals surface area contributed by atoms with Crippen molar-refractivity contribution >= 4 is 22.6 Å². The molecule has 4 heteroatoms. The van der Waals surface area contributed by atoms with E-state index in [0.717, 1.165) is 47.7 Å². The number of hydrogen-bond donors (Lipinski definition) is 1. The quantitative estimate of drug-likeness (QED) is 0.849. The van der Waals surface area contributed by atoms with Gasteiger partial charge in [0.05, 0.1) is 16.1 Å². The molecule has 0 spiro atoms. The van der Waals surface area contributed by atoms with Crippen molar-refractivity contribution in [3.8, 4) is 0 Å². The Kier molecular flexibility index (Phi) is 4.95. The van der Waals surface area contributed by atoms with Gasteiger partial charge in [0.15, 0.2) is 0 Å². The second kappa shape index (κ2) is 6.37. The third-order valence-electron chi connectivity index (χ3n) is 4.10. The smallest absolute Gasteiger partial charge is 0.110 e. The number of nitrogens with two attached hydrogens (primary N) is 1. The highest BCUT2D eigenvalue weighted by atomic mass is 35.5. The molecule has 0 radical (unpaired) electrons. The Hall–Kier alpha value is -1.06. The number of aryl methyl sites for hydroxylation is 1. The fourth-order valence-corrected chi connectivity index (χ4v) is 3.11. The van der Waals surface area contributed by atoms with Crippen molar-refractivity contribution < 1.29 is 0 Å². The summed E-state index contributed by atoms with van der Waals surface area (Å²) in [5.74, 6) is 1.12. The average molecular weight is 308 g/mol. The van der Waals surface area contributed by atoms with Crippen LogP contribution >= 0.6 is 11.6 Å². The molecule has 0 saturated heterocycles. The third-order valence-corrected chi connectivity index (χ3v) is 4.40. The summed E-state index contributed by atoms with van der Waals surface area (Å²) in [5, 5.41) is 0.779. The van der Waals surface area contributed by atoms with Gasteiger partial charge in [-0.2, -0.15) is 0 Å². The van der Waals surface area contributed by atoms with Crippen LogP contribution in [0.25, 0.3) is 11.0 Å². The number of halogens is 1. The molecule has 1 heterocycles. The summed E-state index contributed by atoms with van der Waals surface area (Å²) in [7, 11) is 0. The van der Waals surface area contributed by atoms with Crippen LogP contribution in [0, 0.1) is 5.41 Å². The minimum absolute atomic E-state index is 0.249.